The summed E-state index contributed by atoms with van der Waals surface area (Å²) in [4.78, 5) is 25.7. The summed E-state index contributed by atoms with van der Waals surface area (Å²) in [5.74, 6) is 1.06. The summed E-state index contributed by atoms with van der Waals surface area (Å²) in [7, 11) is 0. The second kappa shape index (κ2) is 8.21. The number of benzene rings is 2. The first-order valence-electron chi connectivity index (χ1n) is 8.40. The number of thioether (sulfide) groups is 1. The number of rotatable bonds is 6. The summed E-state index contributed by atoms with van der Waals surface area (Å²) in [6.45, 7) is 2.15. The second-order valence-electron chi connectivity index (χ2n) is 6.22. The fourth-order valence-corrected chi connectivity index (χ4v) is 4.09. The maximum atomic E-state index is 12.4. The van der Waals surface area contributed by atoms with Crippen LogP contribution >= 0.6 is 11.8 Å². The van der Waals surface area contributed by atoms with Crippen molar-refractivity contribution in [1.82, 2.24) is 10.2 Å². The van der Waals surface area contributed by atoms with E-state index >= 15 is 0 Å². The van der Waals surface area contributed by atoms with E-state index in [0.29, 0.717) is 11.6 Å². The number of nitrogens with one attached hydrogen (secondary N) is 1. The molecule has 5 heteroatoms. The largest absolute Gasteiger partial charge is 0.351 e. The van der Waals surface area contributed by atoms with Gasteiger partial charge in [-0.1, -0.05) is 60.7 Å². The van der Waals surface area contributed by atoms with Gasteiger partial charge in [-0.3, -0.25) is 9.59 Å². The van der Waals surface area contributed by atoms with Crippen LogP contribution < -0.4 is 5.32 Å². The Bertz CT molecular complexity index is 681. The van der Waals surface area contributed by atoms with Crippen molar-refractivity contribution in [3.63, 3.8) is 0 Å². The second-order valence-corrected chi connectivity index (χ2v) is 7.18. The van der Waals surface area contributed by atoms with Gasteiger partial charge in [0.15, 0.2) is 0 Å². The van der Waals surface area contributed by atoms with Gasteiger partial charge in [0.1, 0.15) is 6.54 Å². The average Bonchev–Trinajstić information content (AvgIpc) is 3.01. The molecule has 1 aliphatic heterocycles. The van der Waals surface area contributed by atoms with Crippen LogP contribution in [0.1, 0.15) is 24.0 Å². The van der Waals surface area contributed by atoms with Gasteiger partial charge in [0.25, 0.3) is 0 Å². The molecule has 3 rings (SSSR count). The summed E-state index contributed by atoms with van der Waals surface area (Å²) in [5, 5.41) is 3.08. The van der Waals surface area contributed by atoms with Crippen molar-refractivity contribution in [1.29, 1.82) is 0 Å². The molecule has 1 unspecified atom stereocenters. The Labute approximate surface area is 152 Å². The molecule has 130 valence electrons. The molecular weight excluding hydrogens is 332 g/mol. The van der Waals surface area contributed by atoms with Gasteiger partial charge < -0.3 is 10.2 Å². The molecule has 0 aromatic heterocycles. The lowest BCUT2D eigenvalue weighted by Crippen LogP contribution is -2.44. The predicted octanol–water partition coefficient (Wildman–Crippen LogP) is 2.86. The SMILES string of the molecule is CC(NC(=O)CN1CSCC1=O)C(c1ccccc1)c1ccccc1. The maximum Gasteiger partial charge on any atom is 0.239 e. The standard InChI is InChI=1S/C20H22N2O2S/c1-15(21-18(23)12-22-14-25-13-19(22)24)20(16-8-4-2-5-9-16)17-10-6-3-7-11-17/h2-11,15,20H,12-14H2,1H3,(H,21,23). The normalized spacial score (nSPS) is 15.4. The maximum absolute atomic E-state index is 12.4. The van der Waals surface area contributed by atoms with Crippen LogP contribution in [0.25, 0.3) is 0 Å². The van der Waals surface area contributed by atoms with E-state index in [-0.39, 0.29) is 30.3 Å². The third-order valence-corrected chi connectivity index (χ3v) is 5.31. The number of carbonyl (C=O) groups excluding carboxylic acids is 2. The highest BCUT2D eigenvalue weighted by Crippen LogP contribution is 2.28. The lowest BCUT2D eigenvalue weighted by Gasteiger charge is -2.27. The fourth-order valence-electron chi connectivity index (χ4n) is 3.19. The van der Waals surface area contributed by atoms with Gasteiger partial charge in [-0.05, 0) is 18.1 Å². The Morgan fingerprint density at radius 3 is 2.12 bits per heavy atom. The molecule has 2 aromatic rings. The number of amides is 2. The molecule has 1 aliphatic rings. The zero-order chi connectivity index (χ0) is 17.6. The van der Waals surface area contributed by atoms with Crippen LogP contribution in [0.5, 0.6) is 0 Å². The first kappa shape index (κ1) is 17.5. The quantitative estimate of drug-likeness (QED) is 0.868. The van der Waals surface area contributed by atoms with Crippen LogP contribution in [0, 0.1) is 0 Å². The van der Waals surface area contributed by atoms with Crippen molar-refractivity contribution in [2.45, 2.75) is 18.9 Å². The van der Waals surface area contributed by atoms with Crippen molar-refractivity contribution in [2.75, 3.05) is 18.2 Å². The molecule has 2 amide bonds. The van der Waals surface area contributed by atoms with E-state index in [2.05, 4.69) is 29.6 Å². The third kappa shape index (κ3) is 4.42. The highest BCUT2D eigenvalue weighted by atomic mass is 32.2. The van der Waals surface area contributed by atoms with Gasteiger partial charge in [-0.25, -0.2) is 0 Å². The minimum atomic E-state index is -0.111. The Balaban J connectivity index is 1.74. The Morgan fingerprint density at radius 1 is 1.08 bits per heavy atom. The lowest BCUT2D eigenvalue weighted by molar-refractivity contribution is -0.132. The van der Waals surface area contributed by atoms with E-state index in [1.165, 1.54) is 0 Å². The first-order chi connectivity index (χ1) is 12.1. The number of hydrogen-bond donors (Lipinski definition) is 1. The summed E-state index contributed by atoms with van der Waals surface area (Å²) in [6.07, 6.45) is 0. The zero-order valence-corrected chi connectivity index (χ0v) is 15.0. The lowest BCUT2D eigenvalue weighted by atomic mass is 9.86. The highest BCUT2D eigenvalue weighted by Gasteiger charge is 2.26. The Kier molecular flexibility index (Phi) is 5.76. The van der Waals surface area contributed by atoms with Crippen LogP contribution in [0.2, 0.25) is 0 Å². The molecule has 0 radical (unpaired) electrons. The van der Waals surface area contributed by atoms with Crippen molar-refractivity contribution < 1.29 is 9.59 Å². The molecular formula is C20H22N2O2S. The molecule has 0 saturated carbocycles. The number of hydrogen-bond acceptors (Lipinski definition) is 3. The number of nitrogens with zero attached hydrogens (tertiary/aromatic N) is 1. The molecule has 1 fully saturated rings. The average molecular weight is 354 g/mol. The minimum absolute atomic E-state index is 0.0375. The van der Waals surface area contributed by atoms with Crippen LogP contribution in [0.3, 0.4) is 0 Å². The number of carbonyl (C=O) groups is 2. The Morgan fingerprint density at radius 2 is 1.64 bits per heavy atom. The van der Waals surface area contributed by atoms with E-state index in [1.807, 2.05) is 43.3 Å². The van der Waals surface area contributed by atoms with Gasteiger partial charge >= 0.3 is 0 Å². The van der Waals surface area contributed by atoms with E-state index in [1.54, 1.807) is 16.7 Å². The topological polar surface area (TPSA) is 49.4 Å². The zero-order valence-electron chi connectivity index (χ0n) is 14.2. The van der Waals surface area contributed by atoms with Crippen LogP contribution in [-0.2, 0) is 9.59 Å². The van der Waals surface area contributed by atoms with Crippen LogP contribution in [0.4, 0.5) is 0 Å². The molecule has 1 atom stereocenters. The van der Waals surface area contributed by atoms with Crippen LogP contribution in [0.15, 0.2) is 60.7 Å². The van der Waals surface area contributed by atoms with Crippen LogP contribution in [-0.4, -0.2) is 40.9 Å². The smallest absolute Gasteiger partial charge is 0.239 e. The molecule has 1 N–H and O–H groups in total. The molecule has 2 aromatic carbocycles. The fraction of sp³-hybridized carbons (Fsp3) is 0.300. The molecule has 1 saturated heterocycles. The molecule has 0 bridgehead atoms. The molecule has 0 spiro atoms. The monoisotopic (exact) mass is 354 g/mol. The Hall–Kier alpha value is -2.27. The predicted molar refractivity (Wildman–Crippen MR) is 101 cm³/mol. The summed E-state index contributed by atoms with van der Waals surface area (Å²) >= 11 is 1.55. The van der Waals surface area contributed by atoms with Gasteiger partial charge in [0, 0.05) is 12.0 Å². The highest BCUT2D eigenvalue weighted by molar-refractivity contribution is 8.00. The summed E-state index contributed by atoms with van der Waals surface area (Å²) in [5.41, 5.74) is 2.32. The first-order valence-corrected chi connectivity index (χ1v) is 9.55. The van der Waals surface area contributed by atoms with Crippen molar-refractivity contribution in [3.05, 3.63) is 71.8 Å². The third-order valence-electron chi connectivity index (χ3n) is 4.37. The van der Waals surface area contributed by atoms with E-state index in [0.717, 1.165) is 11.1 Å². The van der Waals surface area contributed by atoms with Gasteiger partial charge in [0.05, 0.1) is 11.6 Å². The molecule has 1 heterocycles. The summed E-state index contributed by atoms with van der Waals surface area (Å²) < 4.78 is 0. The van der Waals surface area contributed by atoms with Crippen molar-refractivity contribution in [2.24, 2.45) is 0 Å². The van der Waals surface area contributed by atoms with E-state index in [4.69, 9.17) is 0 Å². The van der Waals surface area contributed by atoms with Crippen molar-refractivity contribution in [3.8, 4) is 0 Å². The summed E-state index contributed by atoms with van der Waals surface area (Å²) in [6, 6.07) is 20.3. The minimum Gasteiger partial charge on any atom is -0.351 e. The molecule has 4 nitrogen and oxygen atoms in total. The van der Waals surface area contributed by atoms with Gasteiger partial charge in [0.2, 0.25) is 11.8 Å². The van der Waals surface area contributed by atoms with Crippen molar-refractivity contribution >= 4 is 23.6 Å². The van der Waals surface area contributed by atoms with Gasteiger partial charge in [-0.2, -0.15) is 0 Å². The van der Waals surface area contributed by atoms with E-state index in [9.17, 15) is 9.59 Å². The van der Waals surface area contributed by atoms with Gasteiger partial charge in [-0.15, -0.1) is 11.8 Å². The van der Waals surface area contributed by atoms with E-state index < -0.39 is 0 Å². The molecule has 0 aliphatic carbocycles. The molecule has 25 heavy (non-hydrogen) atoms.